The second-order valence-corrected chi connectivity index (χ2v) is 6.00. The summed E-state index contributed by atoms with van der Waals surface area (Å²) in [7, 11) is 1.99. The molecule has 0 saturated carbocycles. The van der Waals surface area contributed by atoms with Gasteiger partial charge in [0.05, 0.1) is 17.3 Å². The lowest BCUT2D eigenvalue weighted by atomic mass is 10.2. The first-order valence-electron chi connectivity index (χ1n) is 8.27. The van der Waals surface area contributed by atoms with Crippen LogP contribution in [0.3, 0.4) is 0 Å². The highest BCUT2D eigenvalue weighted by Gasteiger charge is 2.14. The average molecular weight is 348 g/mol. The number of benzene rings is 1. The molecule has 0 spiro atoms. The van der Waals surface area contributed by atoms with Crippen LogP contribution in [-0.2, 0) is 6.42 Å². The number of hydrogen-bond acceptors (Lipinski definition) is 5. The third kappa shape index (κ3) is 3.11. The van der Waals surface area contributed by atoms with E-state index in [-0.39, 0.29) is 5.82 Å². The molecule has 0 aliphatic heterocycles. The van der Waals surface area contributed by atoms with Crippen molar-refractivity contribution in [1.82, 2.24) is 24.7 Å². The molecule has 3 heterocycles. The maximum atomic E-state index is 13.5. The van der Waals surface area contributed by atoms with Crippen LogP contribution in [-0.4, -0.2) is 38.3 Å². The fourth-order valence-electron chi connectivity index (χ4n) is 2.88. The van der Waals surface area contributed by atoms with Gasteiger partial charge in [-0.2, -0.15) is 5.10 Å². The minimum Gasteiger partial charge on any atom is -0.359 e. The highest BCUT2D eigenvalue weighted by Crippen LogP contribution is 2.24. The standard InChI is InChI=1S/C19H17FN6/c1-25(10-7-14-5-8-21-9-6-14)18-17-12-24-26(19(17)23-13-22-18)16-4-2-3-15(20)11-16/h2-6,8-9,11-13H,7,10H2,1H3. The molecule has 0 amide bonds. The molecule has 7 heteroatoms. The fourth-order valence-corrected chi connectivity index (χ4v) is 2.88. The lowest BCUT2D eigenvalue weighted by molar-refractivity contribution is 0.625. The van der Waals surface area contributed by atoms with Crippen LogP contribution in [0.4, 0.5) is 10.2 Å². The van der Waals surface area contributed by atoms with Gasteiger partial charge in [-0.15, -0.1) is 0 Å². The van der Waals surface area contributed by atoms with E-state index in [1.807, 2.05) is 19.2 Å². The second kappa shape index (κ2) is 6.87. The number of likely N-dealkylation sites (N-methyl/N-ethyl adjacent to an activating group) is 1. The summed E-state index contributed by atoms with van der Waals surface area (Å²) in [6, 6.07) is 10.3. The van der Waals surface area contributed by atoms with Gasteiger partial charge in [-0.1, -0.05) is 6.07 Å². The quantitative estimate of drug-likeness (QED) is 0.555. The van der Waals surface area contributed by atoms with Gasteiger partial charge in [0.25, 0.3) is 0 Å². The minimum atomic E-state index is -0.310. The zero-order valence-corrected chi connectivity index (χ0v) is 14.2. The van der Waals surface area contributed by atoms with E-state index in [0.717, 1.165) is 24.2 Å². The first-order chi connectivity index (χ1) is 12.7. The van der Waals surface area contributed by atoms with E-state index in [1.165, 1.54) is 24.0 Å². The molecule has 0 saturated heterocycles. The van der Waals surface area contributed by atoms with E-state index in [2.05, 4.69) is 25.0 Å². The summed E-state index contributed by atoms with van der Waals surface area (Å²) < 4.78 is 15.2. The Hall–Kier alpha value is -3.35. The molecular formula is C19H17FN6. The Morgan fingerprint density at radius 1 is 1.12 bits per heavy atom. The van der Waals surface area contributed by atoms with Crippen molar-refractivity contribution in [2.24, 2.45) is 0 Å². The first kappa shape index (κ1) is 16.1. The number of pyridine rings is 1. The van der Waals surface area contributed by atoms with Gasteiger partial charge in [0, 0.05) is 26.0 Å². The molecule has 0 aliphatic rings. The number of fused-ring (bicyclic) bond motifs is 1. The Morgan fingerprint density at radius 2 is 1.96 bits per heavy atom. The Balaban J connectivity index is 1.64. The zero-order valence-electron chi connectivity index (χ0n) is 14.2. The normalized spacial score (nSPS) is 11.0. The molecule has 0 N–H and O–H groups in total. The minimum absolute atomic E-state index is 0.310. The molecule has 0 radical (unpaired) electrons. The predicted molar refractivity (Wildman–Crippen MR) is 97.8 cm³/mol. The van der Waals surface area contributed by atoms with E-state index in [4.69, 9.17) is 0 Å². The number of anilines is 1. The number of aromatic nitrogens is 5. The van der Waals surface area contributed by atoms with Crippen molar-refractivity contribution in [2.45, 2.75) is 6.42 Å². The van der Waals surface area contributed by atoms with E-state index >= 15 is 0 Å². The van der Waals surface area contributed by atoms with Gasteiger partial charge in [0.1, 0.15) is 18.0 Å². The molecule has 1 aromatic carbocycles. The monoisotopic (exact) mass is 348 g/mol. The van der Waals surface area contributed by atoms with Gasteiger partial charge in [-0.25, -0.2) is 19.0 Å². The zero-order chi connectivity index (χ0) is 17.9. The largest absolute Gasteiger partial charge is 0.359 e. The van der Waals surface area contributed by atoms with E-state index in [9.17, 15) is 4.39 Å². The summed E-state index contributed by atoms with van der Waals surface area (Å²) in [6.45, 7) is 0.793. The third-order valence-corrected chi connectivity index (χ3v) is 4.24. The van der Waals surface area contributed by atoms with Crippen molar-refractivity contribution in [3.05, 3.63) is 72.7 Å². The maximum absolute atomic E-state index is 13.5. The van der Waals surface area contributed by atoms with Crippen LogP contribution in [0.15, 0.2) is 61.3 Å². The molecule has 0 bridgehead atoms. The van der Waals surface area contributed by atoms with Crippen LogP contribution < -0.4 is 4.90 Å². The Labute approximate surface area is 150 Å². The molecule has 0 fully saturated rings. The summed E-state index contributed by atoms with van der Waals surface area (Å²) in [5, 5.41) is 5.21. The lowest BCUT2D eigenvalue weighted by Gasteiger charge is -2.18. The summed E-state index contributed by atoms with van der Waals surface area (Å²) in [4.78, 5) is 14.9. The van der Waals surface area contributed by atoms with E-state index in [1.54, 1.807) is 35.4 Å². The Bertz CT molecular complexity index is 1030. The summed E-state index contributed by atoms with van der Waals surface area (Å²) >= 11 is 0. The molecule has 26 heavy (non-hydrogen) atoms. The Morgan fingerprint density at radius 3 is 2.77 bits per heavy atom. The highest BCUT2D eigenvalue weighted by molar-refractivity contribution is 5.87. The van der Waals surface area contributed by atoms with Gasteiger partial charge in [-0.3, -0.25) is 4.98 Å². The molecule has 3 aromatic heterocycles. The van der Waals surface area contributed by atoms with Crippen molar-refractivity contribution < 1.29 is 4.39 Å². The third-order valence-electron chi connectivity index (χ3n) is 4.24. The fraction of sp³-hybridized carbons (Fsp3) is 0.158. The van der Waals surface area contributed by atoms with Crippen LogP contribution in [0, 0.1) is 5.82 Å². The van der Waals surface area contributed by atoms with Crippen molar-refractivity contribution in [3.8, 4) is 5.69 Å². The summed E-state index contributed by atoms with van der Waals surface area (Å²) in [5.41, 5.74) is 2.49. The van der Waals surface area contributed by atoms with E-state index < -0.39 is 0 Å². The van der Waals surface area contributed by atoms with Crippen molar-refractivity contribution in [2.75, 3.05) is 18.5 Å². The van der Waals surface area contributed by atoms with Gasteiger partial charge in [0.15, 0.2) is 5.65 Å². The lowest BCUT2D eigenvalue weighted by Crippen LogP contribution is -2.21. The summed E-state index contributed by atoms with van der Waals surface area (Å²) in [5.74, 6) is 0.488. The van der Waals surface area contributed by atoms with Gasteiger partial charge < -0.3 is 4.90 Å². The van der Waals surface area contributed by atoms with Crippen LogP contribution in [0.1, 0.15) is 5.56 Å². The molecule has 4 aromatic rings. The maximum Gasteiger partial charge on any atom is 0.168 e. The average Bonchev–Trinajstić information content (AvgIpc) is 3.11. The van der Waals surface area contributed by atoms with Crippen molar-refractivity contribution >= 4 is 16.9 Å². The predicted octanol–water partition coefficient (Wildman–Crippen LogP) is 3.03. The van der Waals surface area contributed by atoms with Crippen LogP contribution in [0.5, 0.6) is 0 Å². The number of halogens is 1. The molecule has 4 rings (SSSR count). The SMILES string of the molecule is CN(CCc1ccncc1)c1ncnc2c1cnn2-c1cccc(F)c1. The van der Waals surface area contributed by atoms with Crippen LogP contribution in [0.25, 0.3) is 16.7 Å². The molecule has 0 aliphatic carbocycles. The smallest absolute Gasteiger partial charge is 0.168 e. The van der Waals surface area contributed by atoms with Crippen molar-refractivity contribution in [3.63, 3.8) is 0 Å². The van der Waals surface area contributed by atoms with Gasteiger partial charge in [-0.05, 0) is 42.3 Å². The molecule has 0 atom stereocenters. The van der Waals surface area contributed by atoms with Crippen LogP contribution in [0.2, 0.25) is 0 Å². The van der Waals surface area contributed by atoms with E-state index in [0.29, 0.717) is 11.3 Å². The number of nitrogens with zero attached hydrogens (tertiary/aromatic N) is 6. The topological polar surface area (TPSA) is 59.7 Å². The molecule has 6 nitrogen and oxygen atoms in total. The van der Waals surface area contributed by atoms with Gasteiger partial charge in [0.2, 0.25) is 0 Å². The highest BCUT2D eigenvalue weighted by atomic mass is 19.1. The van der Waals surface area contributed by atoms with Gasteiger partial charge >= 0.3 is 0 Å². The second-order valence-electron chi connectivity index (χ2n) is 6.00. The van der Waals surface area contributed by atoms with Crippen LogP contribution >= 0.6 is 0 Å². The molecule has 130 valence electrons. The number of rotatable bonds is 5. The van der Waals surface area contributed by atoms with Crippen molar-refractivity contribution in [1.29, 1.82) is 0 Å². The molecule has 0 unspecified atom stereocenters. The summed E-state index contributed by atoms with van der Waals surface area (Å²) in [6.07, 6.45) is 7.70. The first-order valence-corrected chi connectivity index (χ1v) is 8.27. The number of hydrogen-bond donors (Lipinski definition) is 0. The Kier molecular flexibility index (Phi) is 4.27. The molecular weight excluding hydrogens is 331 g/mol.